The third-order valence-electron chi connectivity index (χ3n) is 5.23. The highest BCUT2D eigenvalue weighted by Gasteiger charge is 2.26. The first-order valence-electron chi connectivity index (χ1n) is 11.5. The smallest absolute Gasteiger partial charge is 0.408 e. The Hall–Kier alpha value is -1.88. The van der Waals surface area contributed by atoms with Crippen LogP contribution in [0.4, 0.5) is 4.79 Å². The number of aliphatic imine (C=N–C) groups is 2. The number of carboxylic acids is 1. The molecule has 30 heavy (non-hydrogen) atoms. The first-order chi connectivity index (χ1) is 14.1. The van der Waals surface area contributed by atoms with Crippen molar-refractivity contribution in [2.24, 2.45) is 15.9 Å². The highest BCUT2D eigenvalue weighted by atomic mass is 16.6. The molecule has 7 heteroatoms. The Bertz CT molecular complexity index is 558. The predicted molar refractivity (Wildman–Crippen MR) is 119 cm³/mol. The van der Waals surface area contributed by atoms with Crippen molar-refractivity contribution in [1.29, 1.82) is 0 Å². The summed E-state index contributed by atoms with van der Waals surface area (Å²) in [6, 6.07) is 3.12. The minimum Gasteiger partial charge on any atom is -0.480 e. The quantitative estimate of drug-likeness (QED) is 0.574. The summed E-state index contributed by atoms with van der Waals surface area (Å²) in [6.07, 6.45) is 12.5. The molecule has 0 aromatic carbocycles. The van der Waals surface area contributed by atoms with Gasteiger partial charge in [0.15, 0.2) is 0 Å². The van der Waals surface area contributed by atoms with Crippen LogP contribution in [0, 0.1) is 5.92 Å². The third kappa shape index (κ3) is 12.0. The third-order valence-corrected chi connectivity index (χ3v) is 5.23. The number of ether oxygens (including phenoxy) is 1. The number of hydrogen-bond donors (Lipinski definition) is 2. The van der Waals surface area contributed by atoms with Gasteiger partial charge in [0.05, 0.1) is 18.1 Å². The Morgan fingerprint density at radius 1 is 0.933 bits per heavy atom. The Morgan fingerprint density at radius 3 is 1.70 bits per heavy atom. The van der Waals surface area contributed by atoms with E-state index in [9.17, 15) is 9.59 Å². The van der Waals surface area contributed by atoms with Gasteiger partial charge in [-0.1, -0.05) is 52.4 Å². The van der Waals surface area contributed by atoms with Crippen molar-refractivity contribution in [3.63, 3.8) is 0 Å². The van der Waals surface area contributed by atoms with Crippen LogP contribution in [0.15, 0.2) is 9.98 Å². The van der Waals surface area contributed by atoms with Gasteiger partial charge in [0, 0.05) is 0 Å². The van der Waals surface area contributed by atoms with E-state index in [0.717, 1.165) is 0 Å². The molecule has 2 fully saturated rings. The fraction of sp³-hybridized carbons (Fsp3) is 0.870. The van der Waals surface area contributed by atoms with E-state index in [1.807, 2.05) is 0 Å². The molecule has 0 saturated heterocycles. The van der Waals surface area contributed by atoms with Crippen LogP contribution in [-0.2, 0) is 9.53 Å². The second-order valence-electron chi connectivity index (χ2n) is 9.65. The van der Waals surface area contributed by atoms with Crippen molar-refractivity contribution < 1.29 is 19.4 Å². The molecular weight excluding hydrogens is 382 g/mol. The summed E-state index contributed by atoms with van der Waals surface area (Å²) in [7, 11) is 0. The van der Waals surface area contributed by atoms with E-state index >= 15 is 0 Å². The van der Waals surface area contributed by atoms with Crippen LogP contribution in [0.25, 0.3) is 0 Å². The lowest BCUT2D eigenvalue weighted by atomic mass is 9.96. The fourth-order valence-electron chi connectivity index (χ4n) is 3.56. The zero-order valence-electron chi connectivity index (χ0n) is 19.4. The number of carboxylic acid groups (broad SMARTS) is 1. The second-order valence-corrected chi connectivity index (χ2v) is 9.65. The van der Waals surface area contributed by atoms with Gasteiger partial charge < -0.3 is 15.2 Å². The number of carbonyl (C=O) groups is 2. The average Bonchev–Trinajstić information content (AvgIpc) is 2.66. The molecule has 0 unspecified atom stereocenters. The minimum absolute atomic E-state index is 0.185. The van der Waals surface area contributed by atoms with Crippen LogP contribution in [-0.4, -0.2) is 46.9 Å². The van der Waals surface area contributed by atoms with Crippen LogP contribution in [0.3, 0.4) is 0 Å². The van der Waals surface area contributed by atoms with Gasteiger partial charge in [-0.15, -0.1) is 0 Å². The van der Waals surface area contributed by atoms with Crippen LogP contribution < -0.4 is 5.32 Å². The molecule has 1 atom stereocenters. The summed E-state index contributed by atoms with van der Waals surface area (Å²) in [4.78, 5) is 31.0. The van der Waals surface area contributed by atoms with Gasteiger partial charge in [-0.2, -0.15) is 0 Å². The molecule has 2 aliphatic rings. The molecule has 0 heterocycles. The Labute approximate surface area is 181 Å². The maximum Gasteiger partial charge on any atom is 0.408 e. The molecule has 0 aromatic heterocycles. The van der Waals surface area contributed by atoms with Crippen LogP contribution in [0.5, 0.6) is 0 Å². The van der Waals surface area contributed by atoms with Gasteiger partial charge >= 0.3 is 12.1 Å². The summed E-state index contributed by atoms with van der Waals surface area (Å²) < 4.78 is 4.96. The van der Waals surface area contributed by atoms with E-state index in [0.29, 0.717) is 12.1 Å². The molecule has 2 rings (SSSR count). The van der Waals surface area contributed by atoms with Crippen molar-refractivity contribution in [3.8, 4) is 0 Å². The lowest BCUT2D eigenvalue weighted by Gasteiger charge is -2.23. The molecule has 2 saturated carbocycles. The van der Waals surface area contributed by atoms with Crippen molar-refractivity contribution in [1.82, 2.24) is 5.32 Å². The number of nitrogens with zero attached hydrogens (tertiary/aromatic N) is 2. The Kier molecular flexibility index (Phi) is 11.7. The molecule has 2 aliphatic carbocycles. The van der Waals surface area contributed by atoms with Gasteiger partial charge in [0.25, 0.3) is 0 Å². The first-order valence-corrected chi connectivity index (χ1v) is 11.5. The molecule has 7 nitrogen and oxygen atoms in total. The van der Waals surface area contributed by atoms with Crippen molar-refractivity contribution >= 4 is 18.1 Å². The lowest BCUT2D eigenvalue weighted by Crippen LogP contribution is -2.46. The monoisotopic (exact) mass is 423 g/mol. The Morgan fingerprint density at radius 2 is 1.37 bits per heavy atom. The molecule has 0 spiro atoms. The number of nitrogens with one attached hydrogen (secondary N) is 1. The van der Waals surface area contributed by atoms with Gasteiger partial charge in [-0.05, 0) is 52.4 Å². The molecule has 0 radical (unpaired) electrons. The summed E-state index contributed by atoms with van der Waals surface area (Å²) in [6.45, 7) is 8.60. The first kappa shape index (κ1) is 26.2. The number of hydrogen-bond acceptors (Lipinski definition) is 5. The normalized spacial score (nSPS) is 19.0. The number of aliphatic carboxylic acids is 1. The zero-order valence-corrected chi connectivity index (χ0v) is 19.4. The maximum absolute atomic E-state index is 11.3. The van der Waals surface area contributed by atoms with E-state index in [2.05, 4.69) is 21.3 Å². The number of rotatable bonds is 5. The molecule has 2 N–H and O–H groups in total. The number of carbonyl (C=O) groups excluding carboxylic acids is 1. The topological polar surface area (TPSA) is 100 Å². The van der Waals surface area contributed by atoms with E-state index in [1.54, 1.807) is 34.6 Å². The molecular formula is C23H41N3O4. The van der Waals surface area contributed by atoms with Gasteiger partial charge in [0.1, 0.15) is 11.6 Å². The average molecular weight is 424 g/mol. The molecule has 172 valence electrons. The van der Waals surface area contributed by atoms with Crippen molar-refractivity contribution in [2.75, 3.05) is 0 Å². The standard InChI is InChI=1S/C13H22N2.C10H19NO4/c1-3-7-12(8-4-1)14-11-15-13-9-5-2-6-10-13;1-6(2)7(8(12)13)11-9(14)15-10(3,4)5/h12-13H,1-10H2;6-7H,1-5H3,(H,11,14)(H,12,13)/t;7-/m.0/s1. The Balaban J connectivity index is 0.000000300. The van der Waals surface area contributed by atoms with Crippen LogP contribution in [0.2, 0.25) is 0 Å². The van der Waals surface area contributed by atoms with E-state index < -0.39 is 23.7 Å². The van der Waals surface area contributed by atoms with Crippen molar-refractivity contribution in [2.45, 2.75) is 123 Å². The summed E-state index contributed by atoms with van der Waals surface area (Å²) in [5, 5.41) is 11.1. The number of alkyl carbamates (subject to hydrolysis) is 1. The summed E-state index contributed by atoms with van der Waals surface area (Å²) in [5.74, 6) is -1.24. The highest BCUT2D eigenvalue weighted by Crippen LogP contribution is 2.21. The van der Waals surface area contributed by atoms with E-state index in [4.69, 9.17) is 9.84 Å². The summed E-state index contributed by atoms with van der Waals surface area (Å²) in [5.41, 5.74) is -0.621. The molecule has 1 amide bonds. The lowest BCUT2D eigenvalue weighted by molar-refractivity contribution is -0.140. The fourth-order valence-corrected chi connectivity index (χ4v) is 3.56. The summed E-state index contributed by atoms with van der Waals surface area (Å²) >= 11 is 0. The van der Waals surface area contributed by atoms with E-state index in [-0.39, 0.29) is 5.92 Å². The predicted octanol–water partition coefficient (Wildman–Crippen LogP) is 5.45. The SMILES string of the molecule is C(=NC1CCCCC1)=NC1CCCCC1.CC(C)[C@H](NC(=O)OC(C)(C)C)C(=O)O. The minimum atomic E-state index is -1.06. The largest absolute Gasteiger partial charge is 0.480 e. The van der Waals surface area contributed by atoms with Crippen LogP contribution >= 0.6 is 0 Å². The molecule has 0 aliphatic heterocycles. The highest BCUT2D eigenvalue weighted by molar-refractivity contribution is 5.80. The van der Waals surface area contributed by atoms with Crippen molar-refractivity contribution in [3.05, 3.63) is 0 Å². The molecule has 0 bridgehead atoms. The van der Waals surface area contributed by atoms with Gasteiger partial charge in [-0.25, -0.2) is 19.6 Å². The van der Waals surface area contributed by atoms with E-state index in [1.165, 1.54) is 64.2 Å². The number of amides is 1. The van der Waals surface area contributed by atoms with Gasteiger partial charge in [0.2, 0.25) is 0 Å². The van der Waals surface area contributed by atoms with Gasteiger partial charge in [-0.3, -0.25) is 0 Å². The maximum atomic E-state index is 11.3. The zero-order chi connectivity index (χ0) is 22.6. The van der Waals surface area contributed by atoms with Crippen LogP contribution in [0.1, 0.15) is 98.8 Å². The molecule has 0 aromatic rings. The second kappa shape index (κ2) is 13.4.